The highest BCUT2D eigenvalue weighted by Crippen LogP contribution is 2.27. The molecular weight excluding hydrogens is 346 g/mol. The van der Waals surface area contributed by atoms with Crippen LogP contribution in [0.4, 0.5) is 0 Å². The van der Waals surface area contributed by atoms with Crippen LogP contribution in [0.5, 0.6) is 11.5 Å². The zero-order valence-corrected chi connectivity index (χ0v) is 15.5. The lowest BCUT2D eigenvalue weighted by molar-refractivity contribution is -0.129. The van der Waals surface area contributed by atoms with Gasteiger partial charge in [-0.2, -0.15) is 0 Å². The van der Waals surface area contributed by atoms with E-state index in [1.165, 1.54) is 0 Å². The fourth-order valence-electron chi connectivity index (χ4n) is 3.11. The molecule has 1 saturated heterocycles. The first-order valence-corrected chi connectivity index (χ1v) is 8.77. The van der Waals surface area contributed by atoms with Crippen molar-refractivity contribution in [2.75, 3.05) is 20.8 Å². The van der Waals surface area contributed by atoms with Crippen LogP contribution in [0, 0.1) is 5.92 Å². The molecule has 1 atom stereocenters. The number of benzene rings is 1. The van der Waals surface area contributed by atoms with E-state index < -0.39 is 0 Å². The van der Waals surface area contributed by atoms with Crippen molar-refractivity contribution >= 4 is 11.8 Å². The first-order chi connectivity index (χ1) is 13.1. The van der Waals surface area contributed by atoms with Crippen LogP contribution < -0.4 is 14.8 Å². The Morgan fingerprint density at radius 2 is 2.04 bits per heavy atom. The van der Waals surface area contributed by atoms with E-state index in [1.54, 1.807) is 31.4 Å². The van der Waals surface area contributed by atoms with Gasteiger partial charge < -0.3 is 19.7 Å². The van der Waals surface area contributed by atoms with E-state index in [1.807, 2.05) is 30.3 Å². The number of hydrogen-bond acceptors (Lipinski definition) is 5. The van der Waals surface area contributed by atoms with Crippen LogP contribution in [0.1, 0.15) is 17.7 Å². The summed E-state index contributed by atoms with van der Waals surface area (Å²) in [6, 6.07) is 11.1. The maximum Gasteiger partial charge on any atom is 0.225 e. The van der Waals surface area contributed by atoms with E-state index >= 15 is 0 Å². The summed E-state index contributed by atoms with van der Waals surface area (Å²) in [6.07, 6.45) is 1.92. The van der Waals surface area contributed by atoms with Gasteiger partial charge in [0, 0.05) is 25.7 Å². The third-order valence-corrected chi connectivity index (χ3v) is 4.58. The number of nitrogens with one attached hydrogen (secondary N) is 1. The van der Waals surface area contributed by atoms with E-state index in [2.05, 4.69) is 10.3 Å². The number of nitrogens with zero attached hydrogens (tertiary/aromatic N) is 2. The Labute approximate surface area is 158 Å². The molecule has 1 fully saturated rings. The third kappa shape index (κ3) is 4.55. The number of hydrogen-bond donors (Lipinski definition) is 1. The number of likely N-dealkylation sites (tertiary alicyclic amines) is 1. The van der Waals surface area contributed by atoms with E-state index in [4.69, 9.17) is 9.47 Å². The second-order valence-electron chi connectivity index (χ2n) is 6.40. The molecule has 27 heavy (non-hydrogen) atoms. The molecule has 1 aromatic carbocycles. The zero-order chi connectivity index (χ0) is 19.2. The minimum absolute atomic E-state index is 0.0214. The molecule has 0 spiro atoms. The molecule has 2 aromatic rings. The fraction of sp³-hybridized carbons (Fsp3) is 0.350. The van der Waals surface area contributed by atoms with Gasteiger partial charge in [0.2, 0.25) is 11.8 Å². The molecular formula is C20H23N3O4. The van der Waals surface area contributed by atoms with E-state index in [9.17, 15) is 9.59 Å². The molecule has 1 aliphatic heterocycles. The van der Waals surface area contributed by atoms with Crippen molar-refractivity contribution in [2.45, 2.75) is 19.5 Å². The third-order valence-electron chi connectivity index (χ3n) is 4.58. The van der Waals surface area contributed by atoms with Gasteiger partial charge in [0.15, 0.2) is 11.5 Å². The van der Waals surface area contributed by atoms with Crippen LogP contribution in [-0.2, 0) is 22.7 Å². The predicted molar refractivity (Wildman–Crippen MR) is 99.2 cm³/mol. The molecule has 1 aromatic heterocycles. The average molecular weight is 369 g/mol. The molecule has 1 N–H and O–H groups in total. The summed E-state index contributed by atoms with van der Waals surface area (Å²) >= 11 is 0. The molecule has 0 bridgehead atoms. The maximum absolute atomic E-state index is 12.5. The van der Waals surface area contributed by atoms with E-state index in [0.29, 0.717) is 31.1 Å². The number of amides is 2. The van der Waals surface area contributed by atoms with Crippen LogP contribution in [0.2, 0.25) is 0 Å². The van der Waals surface area contributed by atoms with Gasteiger partial charge in [-0.25, -0.2) is 0 Å². The average Bonchev–Trinajstić information content (AvgIpc) is 3.07. The van der Waals surface area contributed by atoms with Gasteiger partial charge in [0.05, 0.1) is 32.4 Å². The molecule has 2 amide bonds. The van der Waals surface area contributed by atoms with Crippen LogP contribution in [0.3, 0.4) is 0 Å². The van der Waals surface area contributed by atoms with Crippen molar-refractivity contribution < 1.29 is 19.1 Å². The van der Waals surface area contributed by atoms with Crippen molar-refractivity contribution in [3.63, 3.8) is 0 Å². The second kappa shape index (κ2) is 8.53. The molecule has 2 heterocycles. The zero-order valence-electron chi connectivity index (χ0n) is 15.5. The summed E-state index contributed by atoms with van der Waals surface area (Å²) in [4.78, 5) is 30.6. The van der Waals surface area contributed by atoms with Gasteiger partial charge in [-0.15, -0.1) is 0 Å². The normalized spacial score (nSPS) is 16.3. The molecule has 7 nitrogen and oxygen atoms in total. The Bertz CT molecular complexity index is 810. The van der Waals surface area contributed by atoms with Crippen molar-refractivity contribution in [1.82, 2.24) is 15.2 Å². The van der Waals surface area contributed by atoms with Gasteiger partial charge in [-0.3, -0.25) is 14.6 Å². The largest absolute Gasteiger partial charge is 0.493 e. The van der Waals surface area contributed by atoms with Gasteiger partial charge in [-0.1, -0.05) is 12.1 Å². The lowest BCUT2D eigenvalue weighted by Gasteiger charge is -2.16. The number of pyridine rings is 1. The Kier molecular flexibility index (Phi) is 5.90. The highest BCUT2D eigenvalue weighted by Gasteiger charge is 2.34. The molecule has 3 rings (SSSR count). The smallest absolute Gasteiger partial charge is 0.225 e. The summed E-state index contributed by atoms with van der Waals surface area (Å²) < 4.78 is 10.5. The quantitative estimate of drug-likeness (QED) is 0.804. The Hall–Kier alpha value is -3.09. The molecule has 0 radical (unpaired) electrons. The minimum atomic E-state index is -0.346. The summed E-state index contributed by atoms with van der Waals surface area (Å²) in [5.41, 5.74) is 1.72. The molecule has 1 unspecified atom stereocenters. The Balaban J connectivity index is 1.55. The fourth-order valence-corrected chi connectivity index (χ4v) is 3.11. The lowest BCUT2D eigenvalue weighted by atomic mass is 10.1. The highest BCUT2D eigenvalue weighted by molar-refractivity contribution is 5.89. The summed E-state index contributed by atoms with van der Waals surface area (Å²) in [5, 5.41) is 2.90. The summed E-state index contributed by atoms with van der Waals surface area (Å²) in [7, 11) is 3.15. The molecule has 0 saturated carbocycles. The number of carbonyl (C=O) groups is 2. The maximum atomic E-state index is 12.5. The highest BCUT2D eigenvalue weighted by atomic mass is 16.5. The van der Waals surface area contributed by atoms with Gasteiger partial charge in [-0.05, 0) is 29.8 Å². The number of carbonyl (C=O) groups excluding carboxylic acids is 2. The molecule has 1 aliphatic rings. The van der Waals surface area contributed by atoms with Crippen LogP contribution in [0.25, 0.3) is 0 Å². The Morgan fingerprint density at radius 1 is 1.22 bits per heavy atom. The first-order valence-electron chi connectivity index (χ1n) is 8.77. The van der Waals surface area contributed by atoms with E-state index in [-0.39, 0.29) is 24.2 Å². The first kappa shape index (κ1) is 18.7. The summed E-state index contributed by atoms with van der Waals surface area (Å²) in [5.74, 6) is 0.760. The topological polar surface area (TPSA) is 80.8 Å². The van der Waals surface area contributed by atoms with E-state index in [0.717, 1.165) is 11.3 Å². The number of rotatable bonds is 7. The molecule has 0 aliphatic carbocycles. The standard InChI is InChI=1S/C20H23N3O4/c1-26-17-7-6-14(9-18(17)27-2)11-22-20(25)15-10-19(24)23(12-15)13-16-5-3-4-8-21-16/h3-9,15H,10-13H2,1-2H3,(H,22,25). The monoisotopic (exact) mass is 369 g/mol. The minimum Gasteiger partial charge on any atom is -0.493 e. The van der Waals surface area contributed by atoms with Gasteiger partial charge in [0.25, 0.3) is 0 Å². The lowest BCUT2D eigenvalue weighted by Crippen LogP contribution is -2.32. The predicted octanol–water partition coefficient (Wildman–Crippen LogP) is 1.76. The number of methoxy groups -OCH3 is 2. The second-order valence-corrected chi connectivity index (χ2v) is 6.40. The number of ether oxygens (including phenoxy) is 2. The SMILES string of the molecule is COc1ccc(CNC(=O)C2CC(=O)N(Cc3ccccn3)C2)cc1OC. The van der Waals surface area contributed by atoms with Crippen LogP contribution in [-0.4, -0.2) is 42.5 Å². The van der Waals surface area contributed by atoms with Gasteiger partial charge in [0.1, 0.15) is 0 Å². The van der Waals surface area contributed by atoms with Crippen molar-refractivity contribution in [2.24, 2.45) is 5.92 Å². The summed E-state index contributed by atoms with van der Waals surface area (Å²) in [6.45, 7) is 1.20. The van der Waals surface area contributed by atoms with Crippen LogP contribution in [0.15, 0.2) is 42.6 Å². The number of aromatic nitrogens is 1. The van der Waals surface area contributed by atoms with Crippen molar-refractivity contribution in [3.8, 4) is 11.5 Å². The van der Waals surface area contributed by atoms with Crippen molar-refractivity contribution in [1.29, 1.82) is 0 Å². The molecule has 142 valence electrons. The van der Waals surface area contributed by atoms with Gasteiger partial charge >= 0.3 is 0 Å². The Morgan fingerprint density at radius 3 is 2.74 bits per heavy atom. The van der Waals surface area contributed by atoms with Crippen LogP contribution >= 0.6 is 0 Å². The molecule has 7 heteroatoms. The van der Waals surface area contributed by atoms with Crippen molar-refractivity contribution in [3.05, 3.63) is 53.9 Å².